The number of methoxy groups -OCH3 is 1. The van der Waals surface area contributed by atoms with Crippen molar-refractivity contribution in [2.45, 2.75) is 97.8 Å². The predicted molar refractivity (Wildman–Crippen MR) is 161 cm³/mol. The summed E-state index contributed by atoms with van der Waals surface area (Å²) in [4.78, 5) is 0. The highest BCUT2D eigenvalue weighted by Crippen LogP contribution is 2.76. The van der Waals surface area contributed by atoms with Crippen LogP contribution >= 0.6 is 0 Å². The van der Waals surface area contributed by atoms with Crippen LogP contribution in [0.5, 0.6) is 0 Å². The molecule has 38 heavy (non-hydrogen) atoms. The molecule has 0 aromatic heterocycles. The highest BCUT2D eigenvalue weighted by atomic mass is 16.4. The van der Waals surface area contributed by atoms with Gasteiger partial charge in [0, 0.05) is 14.2 Å². The lowest BCUT2D eigenvalue weighted by Crippen LogP contribution is -2.62. The minimum Gasteiger partial charge on any atom is -0.388 e. The zero-order valence-electron chi connectivity index (χ0n) is 25.1. The number of ether oxygens (including phenoxy) is 1. The normalized spacial score (nSPS) is 40.7. The summed E-state index contributed by atoms with van der Waals surface area (Å²) in [5, 5.41) is 0. The zero-order valence-corrected chi connectivity index (χ0v) is 25.1. The molecule has 0 N–H and O–H groups in total. The van der Waals surface area contributed by atoms with Crippen molar-refractivity contribution in [3.8, 4) is 0 Å². The molecule has 2 atom stereocenters. The summed E-state index contributed by atoms with van der Waals surface area (Å²) in [5.41, 5.74) is 5.15. The summed E-state index contributed by atoms with van der Waals surface area (Å²) >= 11 is 0. The molecule has 0 saturated heterocycles. The van der Waals surface area contributed by atoms with Crippen LogP contribution in [-0.2, 0) is 4.74 Å². The smallest absolute Gasteiger partial charge is 0.0351 e. The number of rotatable bonds is 1. The van der Waals surface area contributed by atoms with E-state index in [1.807, 2.05) is 36.4 Å². The zero-order chi connectivity index (χ0) is 26.8. The second-order valence-electron chi connectivity index (χ2n) is 14.9. The third-order valence-electron chi connectivity index (χ3n) is 11.6. The van der Waals surface area contributed by atoms with Gasteiger partial charge in [-0.15, -0.1) is 0 Å². The number of hydrogen-bond acceptors (Lipinski definition) is 1. The Morgan fingerprint density at radius 3 is 1.21 bits per heavy atom. The molecule has 2 aromatic rings. The molecule has 8 saturated carbocycles. The minimum atomic E-state index is 0.757. The van der Waals surface area contributed by atoms with E-state index in [4.69, 9.17) is 0 Å². The average molecular weight is 515 g/mol. The SMILES string of the molecule is CC12CC3CC(C1)CC(C14CC5CC(CC(C5)C1)C4)(C3)C2.COC.Cc1ccccc1C.c1ccccc1. The molecule has 1 heteroatoms. The van der Waals surface area contributed by atoms with E-state index >= 15 is 0 Å². The molecule has 2 aromatic carbocycles. The molecule has 8 bridgehead atoms. The van der Waals surface area contributed by atoms with Crippen molar-refractivity contribution in [3.63, 3.8) is 0 Å². The van der Waals surface area contributed by atoms with Crippen LogP contribution < -0.4 is 0 Å². The van der Waals surface area contributed by atoms with Gasteiger partial charge >= 0.3 is 0 Å². The molecule has 8 aliphatic carbocycles. The van der Waals surface area contributed by atoms with Crippen molar-refractivity contribution >= 4 is 0 Å². The van der Waals surface area contributed by atoms with Crippen LogP contribution in [0.2, 0.25) is 0 Å². The molecular formula is C37H54O. The lowest BCUT2D eigenvalue weighted by atomic mass is 9.33. The Kier molecular flexibility index (Phi) is 8.45. The van der Waals surface area contributed by atoms with Gasteiger partial charge in [-0.1, -0.05) is 67.6 Å². The lowest BCUT2D eigenvalue weighted by molar-refractivity contribution is -0.217. The fraction of sp³-hybridized carbons (Fsp3) is 0.676. The highest BCUT2D eigenvalue weighted by molar-refractivity contribution is 5.23. The van der Waals surface area contributed by atoms with E-state index in [1.54, 1.807) is 91.3 Å². The Labute approximate surface area is 234 Å². The maximum atomic E-state index is 4.25. The van der Waals surface area contributed by atoms with E-state index in [1.165, 1.54) is 11.1 Å². The molecule has 2 unspecified atom stereocenters. The minimum absolute atomic E-state index is 0.757. The number of benzene rings is 2. The van der Waals surface area contributed by atoms with Crippen molar-refractivity contribution in [3.05, 3.63) is 71.8 Å². The summed E-state index contributed by atoms with van der Waals surface area (Å²) in [6.45, 7) is 6.92. The van der Waals surface area contributed by atoms with Crippen LogP contribution in [0.25, 0.3) is 0 Å². The van der Waals surface area contributed by atoms with Crippen molar-refractivity contribution < 1.29 is 4.74 Å². The first-order valence-corrected chi connectivity index (χ1v) is 15.7. The summed E-state index contributed by atoms with van der Waals surface area (Å²) in [6, 6.07) is 20.4. The first-order valence-electron chi connectivity index (χ1n) is 15.7. The maximum absolute atomic E-state index is 4.25. The van der Waals surface area contributed by atoms with E-state index in [-0.39, 0.29) is 0 Å². The molecule has 0 radical (unpaired) electrons. The first-order chi connectivity index (χ1) is 18.3. The Bertz CT molecular complexity index is 925. The first kappa shape index (κ1) is 27.9. The van der Waals surface area contributed by atoms with Gasteiger partial charge in [0.25, 0.3) is 0 Å². The van der Waals surface area contributed by atoms with Gasteiger partial charge in [-0.3, -0.25) is 0 Å². The summed E-state index contributed by atoms with van der Waals surface area (Å²) in [6.07, 6.45) is 19.6. The van der Waals surface area contributed by atoms with E-state index in [0.29, 0.717) is 0 Å². The Morgan fingerprint density at radius 2 is 0.868 bits per heavy atom. The Morgan fingerprint density at radius 1 is 0.526 bits per heavy atom. The van der Waals surface area contributed by atoms with Crippen LogP contribution in [0, 0.1) is 59.7 Å². The van der Waals surface area contributed by atoms with Crippen LogP contribution in [0.3, 0.4) is 0 Å². The van der Waals surface area contributed by atoms with Gasteiger partial charge in [0.2, 0.25) is 0 Å². The Hall–Kier alpha value is -1.60. The molecule has 0 heterocycles. The molecule has 0 spiro atoms. The standard InChI is InChI=1S/C21H32.C8H10.C6H6.C2H6O/c1-19-6-17-5-18(7-19)12-21(11-17,13-19)20-8-14-2-15(9-20)4-16(3-14)10-20;1-7-5-3-4-6-8(7)2;1-2-4-6-5-3-1;1-3-2/h14-18H,2-13H2,1H3;3-6H,1-2H3;1-6H;1-2H3. The highest BCUT2D eigenvalue weighted by Gasteiger charge is 2.66. The lowest BCUT2D eigenvalue weighted by Gasteiger charge is -2.72. The maximum Gasteiger partial charge on any atom is 0.0351 e. The monoisotopic (exact) mass is 514 g/mol. The molecule has 0 aliphatic heterocycles. The quantitative estimate of drug-likeness (QED) is 0.368. The summed E-state index contributed by atoms with van der Waals surface area (Å²) in [7, 11) is 3.25. The van der Waals surface area contributed by atoms with Gasteiger partial charge in [-0.05, 0) is 148 Å². The molecule has 8 aliphatic rings. The third-order valence-corrected chi connectivity index (χ3v) is 11.6. The molecular weight excluding hydrogens is 460 g/mol. The molecule has 10 rings (SSSR count). The van der Waals surface area contributed by atoms with Crippen LogP contribution in [0.1, 0.15) is 95.1 Å². The Balaban J connectivity index is 0.000000143. The van der Waals surface area contributed by atoms with Crippen molar-refractivity contribution in [1.82, 2.24) is 0 Å². The average Bonchev–Trinajstić information content (AvgIpc) is 2.86. The number of hydrogen-bond donors (Lipinski definition) is 0. The molecule has 8 fully saturated rings. The van der Waals surface area contributed by atoms with Gasteiger partial charge in [0.1, 0.15) is 0 Å². The van der Waals surface area contributed by atoms with Crippen LogP contribution in [0.15, 0.2) is 60.7 Å². The van der Waals surface area contributed by atoms with Crippen LogP contribution in [-0.4, -0.2) is 14.2 Å². The van der Waals surface area contributed by atoms with Gasteiger partial charge in [-0.2, -0.15) is 0 Å². The number of aryl methyl sites for hydroxylation is 2. The predicted octanol–water partition coefficient (Wildman–Crippen LogP) is 10.1. The van der Waals surface area contributed by atoms with Crippen molar-refractivity contribution in [2.24, 2.45) is 45.8 Å². The van der Waals surface area contributed by atoms with Gasteiger partial charge in [-0.25, -0.2) is 0 Å². The summed E-state index contributed by atoms with van der Waals surface area (Å²) in [5.74, 6) is 5.71. The fourth-order valence-electron chi connectivity index (χ4n) is 11.1. The molecule has 0 amide bonds. The molecule has 1 nitrogen and oxygen atoms in total. The van der Waals surface area contributed by atoms with E-state index in [0.717, 1.165) is 45.8 Å². The van der Waals surface area contributed by atoms with Gasteiger partial charge in [0.15, 0.2) is 0 Å². The topological polar surface area (TPSA) is 9.23 Å². The summed E-state index contributed by atoms with van der Waals surface area (Å²) < 4.78 is 4.25. The van der Waals surface area contributed by atoms with E-state index in [2.05, 4.69) is 49.8 Å². The fourth-order valence-corrected chi connectivity index (χ4v) is 11.1. The van der Waals surface area contributed by atoms with Gasteiger partial charge in [0.05, 0.1) is 0 Å². The van der Waals surface area contributed by atoms with E-state index < -0.39 is 0 Å². The largest absolute Gasteiger partial charge is 0.388 e. The van der Waals surface area contributed by atoms with Gasteiger partial charge < -0.3 is 4.74 Å². The van der Waals surface area contributed by atoms with E-state index in [9.17, 15) is 0 Å². The second kappa shape index (κ2) is 11.5. The third kappa shape index (κ3) is 5.79. The second-order valence-corrected chi connectivity index (χ2v) is 14.9. The molecule has 208 valence electrons. The van der Waals surface area contributed by atoms with Crippen LogP contribution in [0.4, 0.5) is 0 Å². The van der Waals surface area contributed by atoms with Crippen molar-refractivity contribution in [2.75, 3.05) is 14.2 Å². The van der Waals surface area contributed by atoms with Crippen molar-refractivity contribution in [1.29, 1.82) is 0 Å².